The van der Waals surface area contributed by atoms with E-state index in [4.69, 9.17) is 9.84 Å². The van der Waals surface area contributed by atoms with Crippen LogP contribution in [0.1, 0.15) is 31.7 Å². The molecule has 0 spiro atoms. The van der Waals surface area contributed by atoms with Crippen molar-refractivity contribution in [3.05, 3.63) is 29.8 Å². The molecule has 1 N–H and O–H groups in total. The smallest absolute Gasteiger partial charge is 0.303 e. The Morgan fingerprint density at radius 1 is 1.38 bits per heavy atom. The van der Waals surface area contributed by atoms with Crippen molar-refractivity contribution >= 4 is 5.97 Å². The summed E-state index contributed by atoms with van der Waals surface area (Å²) >= 11 is 0. The van der Waals surface area contributed by atoms with Crippen LogP contribution in [0.5, 0.6) is 5.75 Å². The monoisotopic (exact) mass is 222 g/mol. The van der Waals surface area contributed by atoms with Crippen molar-refractivity contribution in [3.63, 3.8) is 0 Å². The summed E-state index contributed by atoms with van der Waals surface area (Å²) in [6.07, 6.45) is 0.137. The van der Waals surface area contributed by atoms with Crippen LogP contribution in [0.3, 0.4) is 0 Å². The Hall–Kier alpha value is -1.51. The number of aliphatic carboxylic acids is 1. The maximum Gasteiger partial charge on any atom is 0.303 e. The second-order valence-electron chi connectivity index (χ2n) is 4.19. The van der Waals surface area contributed by atoms with Gasteiger partial charge in [-0.2, -0.15) is 0 Å². The maximum atomic E-state index is 10.8. The number of ether oxygens (including phenoxy) is 1. The molecule has 3 heteroatoms. The molecule has 0 aliphatic rings. The number of rotatable bonds is 5. The average molecular weight is 222 g/mol. The van der Waals surface area contributed by atoms with Crippen molar-refractivity contribution in [1.29, 1.82) is 0 Å². The van der Waals surface area contributed by atoms with Gasteiger partial charge in [-0.05, 0) is 17.5 Å². The number of para-hydroxylation sites is 1. The van der Waals surface area contributed by atoms with Gasteiger partial charge in [0.1, 0.15) is 5.75 Å². The fourth-order valence-corrected chi connectivity index (χ4v) is 1.87. The topological polar surface area (TPSA) is 46.5 Å². The van der Waals surface area contributed by atoms with Crippen LogP contribution < -0.4 is 4.74 Å². The molecule has 0 heterocycles. The molecule has 88 valence electrons. The van der Waals surface area contributed by atoms with E-state index in [0.717, 1.165) is 11.3 Å². The van der Waals surface area contributed by atoms with Gasteiger partial charge in [0.05, 0.1) is 13.5 Å². The summed E-state index contributed by atoms with van der Waals surface area (Å²) in [5, 5.41) is 8.92. The lowest BCUT2D eigenvalue weighted by Crippen LogP contribution is -2.13. The van der Waals surface area contributed by atoms with E-state index in [9.17, 15) is 4.79 Å². The normalized spacial score (nSPS) is 12.5. The molecule has 0 fully saturated rings. The van der Waals surface area contributed by atoms with E-state index in [-0.39, 0.29) is 18.3 Å². The van der Waals surface area contributed by atoms with Crippen molar-refractivity contribution in [3.8, 4) is 5.75 Å². The highest BCUT2D eigenvalue weighted by Gasteiger charge is 2.22. The Morgan fingerprint density at radius 3 is 2.50 bits per heavy atom. The second kappa shape index (κ2) is 5.54. The van der Waals surface area contributed by atoms with Crippen molar-refractivity contribution in [2.24, 2.45) is 5.92 Å². The first-order valence-corrected chi connectivity index (χ1v) is 5.41. The highest BCUT2D eigenvalue weighted by Crippen LogP contribution is 2.34. The first kappa shape index (κ1) is 12.6. The third-order valence-corrected chi connectivity index (χ3v) is 2.74. The van der Waals surface area contributed by atoms with E-state index in [1.54, 1.807) is 7.11 Å². The molecule has 0 aliphatic heterocycles. The van der Waals surface area contributed by atoms with Gasteiger partial charge in [-0.15, -0.1) is 0 Å². The maximum absolute atomic E-state index is 10.8. The molecular formula is C13H18O3. The molecule has 0 radical (unpaired) electrons. The molecule has 1 aromatic rings. The van der Waals surface area contributed by atoms with Gasteiger partial charge in [0.15, 0.2) is 0 Å². The van der Waals surface area contributed by atoms with Crippen LogP contribution in [0.4, 0.5) is 0 Å². The van der Waals surface area contributed by atoms with Crippen LogP contribution in [-0.2, 0) is 4.79 Å². The molecular weight excluding hydrogens is 204 g/mol. The van der Waals surface area contributed by atoms with E-state index in [2.05, 4.69) is 0 Å². The van der Waals surface area contributed by atoms with Gasteiger partial charge in [0.25, 0.3) is 0 Å². The summed E-state index contributed by atoms with van der Waals surface area (Å²) in [4.78, 5) is 10.8. The number of carboxylic acids is 1. The molecule has 3 nitrogen and oxygen atoms in total. The first-order chi connectivity index (χ1) is 7.56. The SMILES string of the molecule is COc1ccccc1C(CC(=O)O)C(C)C. The second-order valence-corrected chi connectivity index (χ2v) is 4.19. The number of hydrogen-bond donors (Lipinski definition) is 1. The number of hydrogen-bond acceptors (Lipinski definition) is 2. The van der Waals surface area contributed by atoms with Crippen LogP contribution in [0.2, 0.25) is 0 Å². The zero-order valence-corrected chi connectivity index (χ0v) is 9.93. The van der Waals surface area contributed by atoms with E-state index < -0.39 is 5.97 Å². The Morgan fingerprint density at radius 2 is 2.00 bits per heavy atom. The third kappa shape index (κ3) is 2.99. The molecule has 0 saturated heterocycles. The molecule has 1 aromatic carbocycles. The largest absolute Gasteiger partial charge is 0.496 e. The Kier molecular flexibility index (Phi) is 4.35. The van der Waals surface area contributed by atoms with Gasteiger partial charge in [0, 0.05) is 5.92 Å². The standard InChI is InChI=1S/C13H18O3/c1-9(2)11(8-13(14)15)10-6-4-5-7-12(10)16-3/h4-7,9,11H,8H2,1-3H3,(H,14,15). The Balaban J connectivity index is 3.05. The Labute approximate surface area is 96.1 Å². The molecule has 0 aliphatic carbocycles. The van der Waals surface area contributed by atoms with Gasteiger partial charge in [-0.3, -0.25) is 4.79 Å². The van der Waals surface area contributed by atoms with E-state index in [1.807, 2.05) is 38.1 Å². The molecule has 0 bridgehead atoms. The quantitative estimate of drug-likeness (QED) is 0.833. The molecule has 0 amide bonds. The van der Waals surface area contributed by atoms with E-state index in [1.165, 1.54) is 0 Å². The zero-order valence-electron chi connectivity index (χ0n) is 9.93. The molecule has 16 heavy (non-hydrogen) atoms. The van der Waals surface area contributed by atoms with Crippen molar-refractivity contribution in [1.82, 2.24) is 0 Å². The van der Waals surface area contributed by atoms with E-state index >= 15 is 0 Å². The lowest BCUT2D eigenvalue weighted by molar-refractivity contribution is -0.137. The minimum atomic E-state index is -0.774. The summed E-state index contributed by atoms with van der Waals surface area (Å²) in [6, 6.07) is 7.61. The Bertz CT molecular complexity index is 358. The van der Waals surface area contributed by atoms with Crippen LogP contribution >= 0.6 is 0 Å². The lowest BCUT2D eigenvalue weighted by Gasteiger charge is -2.21. The fraction of sp³-hybridized carbons (Fsp3) is 0.462. The van der Waals surface area contributed by atoms with Gasteiger partial charge in [0.2, 0.25) is 0 Å². The van der Waals surface area contributed by atoms with Gasteiger partial charge < -0.3 is 9.84 Å². The highest BCUT2D eigenvalue weighted by molar-refractivity contribution is 5.68. The molecule has 1 atom stereocenters. The molecule has 0 aromatic heterocycles. The summed E-state index contributed by atoms with van der Waals surface area (Å²) in [5.41, 5.74) is 0.974. The van der Waals surface area contributed by atoms with Crippen LogP contribution in [0, 0.1) is 5.92 Å². The van der Waals surface area contributed by atoms with Crippen LogP contribution in [0.25, 0.3) is 0 Å². The van der Waals surface area contributed by atoms with Crippen molar-refractivity contribution < 1.29 is 14.6 Å². The third-order valence-electron chi connectivity index (χ3n) is 2.74. The minimum absolute atomic E-state index is 0.00588. The number of benzene rings is 1. The van der Waals surface area contributed by atoms with Gasteiger partial charge >= 0.3 is 5.97 Å². The number of carbonyl (C=O) groups is 1. The van der Waals surface area contributed by atoms with Gasteiger partial charge in [-0.25, -0.2) is 0 Å². The fourth-order valence-electron chi connectivity index (χ4n) is 1.87. The summed E-state index contributed by atoms with van der Waals surface area (Å²) in [5.74, 6) is 0.258. The zero-order chi connectivity index (χ0) is 12.1. The lowest BCUT2D eigenvalue weighted by atomic mass is 9.85. The van der Waals surface area contributed by atoms with Crippen LogP contribution in [-0.4, -0.2) is 18.2 Å². The van der Waals surface area contributed by atoms with Crippen LogP contribution in [0.15, 0.2) is 24.3 Å². The van der Waals surface area contributed by atoms with Gasteiger partial charge in [-0.1, -0.05) is 32.0 Å². The molecule has 0 saturated carbocycles. The van der Waals surface area contributed by atoms with Crippen molar-refractivity contribution in [2.45, 2.75) is 26.2 Å². The number of methoxy groups -OCH3 is 1. The summed E-state index contributed by atoms with van der Waals surface area (Å²) in [6.45, 7) is 4.06. The first-order valence-electron chi connectivity index (χ1n) is 5.41. The highest BCUT2D eigenvalue weighted by atomic mass is 16.5. The summed E-state index contributed by atoms with van der Waals surface area (Å²) < 4.78 is 5.27. The van der Waals surface area contributed by atoms with E-state index in [0.29, 0.717) is 0 Å². The predicted octanol–water partition coefficient (Wildman–Crippen LogP) is 2.91. The number of carboxylic acid groups (broad SMARTS) is 1. The molecule has 1 unspecified atom stereocenters. The average Bonchev–Trinajstić information content (AvgIpc) is 2.25. The molecule has 1 rings (SSSR count). The minimum Gasteiger partial charge on any atom is -0.496 e. The summed E-state index contributed by atoms with van der Waals surface area (Å²) in [7, 11) is 1.61. The predicted molar refractivity (Wildman–Crippen MR) is 62.8 cm³/mol. The van der Waals surface area contributed by atoms with Crippen molar-refractivity contribution in [2.75, 3.05) is 7.11 Å².